The van der Waals surface area contributed by atoms with Crippen molar-refractivity contribution in [1.82, 2.24) is 19.5 Å². The van der Waals surface area contributed by atoms with Crippen LogP contribution in [0.5, 0.6) is 0 Å². The normalized spacial score (nSPS) is 17.1. The molecule has 1 fully saturated rings. The summed E-state index contributed by atoms with van der Waals surface area (Å²) < 4.78 is 31.0. The highest BCUT2D eigenvalue weighted by Crippen LogP contribution is 2.21. The zero-order chi connectivity index (χ0) is 22.5. The summed E-state index contributed by atoms with van der Waals surface area (Å²) in [5.41, 5.74) is 0.375. The SMILES string of the molecule is COC(CCn1cnc2c(NC(=O)C3CCC(=O)O3)nc(F)nc21)COC(=O)C(C)C. The maximum atomic E-state index is 14.0. The summed E-state index contributed by atoms with van der Waals surface area (Å²) in [4.78, 5) is 46.7. The summed E-state index contributed by atoms with van der Waals surface area (Å²) in [5.74, 6) is -1.74. The molecule has 11 nitrogen and oxygen atoms in total. The van der Waals surface area contributed by atoms with E-state index in [-0.39, 0.29) is 54.4 Å². The molecule has 2 unspecified atom stereocenters. The van der Waals surface area contributed by atoms with E-state index in [4.69, 9.17) is 14.2 Å². The Hall–Kier alpha value is -3.15. The van der Waals surface area contributed by atoms with E-state index < -0.39 is 24.1 Å². The van der Waals surface area contributed by atoms with Gasteiger partial charge in [0, 0.05) is 26.5 Å². The second-order valence-electron chi connectivity index (χ2n) is 7.39. The number of carbonyl (C=O) groups excluding carboxylic acids is 3. The third-order valence-electron chi connectivity index (χ3n) is 4.76. The molecule has 0 saturated carbocycles. The number of fused-ring (bicyclic) bond motifs is 1. The van der Waals surface area contributed by atoms with Gasteiger partial charge in [0.25, 0.3) is 5.91 Å². The van der Waals surface area contributed by atoms with Crippen LogP contribution in [-0.2, 0) is 35.1 Å². The number of esters is 2. The fourth-order valence-electron chi connectivity index (χ4n) is 2.97. The number of halogens is 1. The lowest BCUT2D eigenvalue weighted by Crippen LogP contribution is -2.28. The van der Waals surface area contributed by atoms with Gasteiger partial charge in [-0.2, -0.15) is 14.4 Å². The van der Waals surface area contributed by atoms with Gasteiger partial charge in [0.05, 0.1) is 18.3 Å². The molecule has 0 spiro atoms. The van der Waals surface area contributed by atoms with Gasteiger partial charge in [-0.1, -0.05) is 13.8 Å². The molecule has 1 aliphatic rings. The highest BCUT2D eigenvalue weighted by Gasteiger charge is 2.30. The highest BCUT2D eigenvalue weighted by molar-refractivity contribution is 6.00. The molecule has 168 valence electrons. The fraction of sp³-hybridized carbons (Fsp3) is 0.579. The first-order valence-electron chi connectivity index (χ1n) is 9.86. The van der Waals surface area contributed by atoms with Crippen LogP contribution in [0.2, 0.25) is 0 Å². The third kappa shape index (κ3) is 5.51. The first kappa shape index (κ1) is 22.5. The zero-order valence-corrected chi connectivity index (χ0v) is 17.5. The number of rotatable bonds is 9. The van der Waals surface area contributed by atoms with Crippen LogP contribution in [0.1, 0.15) is 33.1 Å². The molecule has 0 bridgehead atoms. The van der Waals surface area contributed by atoms with E-state index in [0.29, 0.717) is 13.0 Å². The predicted octanol–water partition coefficient (Wildman–Crippen LogP) is 1.21. The lowest BCUT2D eigenvalue weighted by Gasteiger charge is -2.16. The van der Waals surface area contributed by atoms with Crippen molar-refractivity contribution >= 4 is 34.8 Å². The van der Waals surface area contributed by atoms with E-state index in [1.165, 1.54) is 13.4 Å². The molecule has 1 N–H and O–H groups in total. The number of amides is 1. The molecule has 0 aliphatic carbocycles. The molecular formula is C19H24FN5O6. The molecule has 1 aliphatic heterocycles. The summed E-state index contributed by atoms with van der Waals surface area (Å²) in [6.07, 6.45) is -0.0812. The van der Waals surface area contributed by atoms with Gasteiger partial charge in [0.1, 0.15) is 6.61 Å². The van der Waals surface area contributed by atoms with Gasteiger partial charge in [0.2, 0.25) is 0 Å². The smallest absolute Gasteiger partial charge is 0.312 e. The lowest BCUT2D eigenvalue weighted by atomic mass is 10.2. The molecule has 0 radical (unpaired) electrons. The van der Waals surface area contributed by atoms with Crippen molar-refractivity contribution < 1.29 is 33.0 Å². The monoisotopic (exact) mass is 437 g/mol. The lowest BCUT2D eigenvalue weighted by molar-refractivity contribution is -0.151. The number of methoxy groups -OCH3 is 1. The van der Waals surface area contributed by atoms with Crippen molar-refractivity contribution in [2.45, 2.75) is 51.9 Å². The second kappa shape index (κ2) is 9.77. The number of carbonyl (C=O) groups is 3. The standard InChI is InChI=1S/C19H24FN5O6/c1-10(2)18(28)30-8-11(29-3)6-7-25-9-21-14-15(23-19(20)24-16(14)25)22-17(27)12-4-5-13(26)31-12/h9-12H,4-8H2,1-3H3,(H,22,23,24,27). The van der Waals surface area contributed by atoms with Crippen molar-refractivity contribution in [2.24, 2.45) is 5.92 Å². The molecular weight excluding hydrogens is 413 g/mol. The largest absolute Gasteiger partial charge is 0.463 e. The molecule has 1 amide bonds. The molecule has 2 atom stereocenters. The number of ether oxygens (including phenoxy) is 3. The van der Waals surface area contributed by atoms with Crippen LogP contribution in [0, 0.1) is 12.0 Å². The van der Waals surface area contributed by atoms with Crippen LogP contribution in [0.25, 0.3) is 11.2 Å². The van der Waals surface area contributed by atoms with Gasteiger partial charge in [0.15, 0.2) is 23.1 Å². The summed E-state index contributed by atoms with van der Waals surface area (Å²) in [7, 11) is 1.51. The summed E-state index contributed by atoms with van der Waals surface area (Å²) in [5, 5.41) is 2.46. The van der Waals surface area contributed by atoms with Gasteiger partial charge in [-0.3, -0.25) is 14.4 Å². The van der Waals surface area contributed by atoms with Gasteiger partial charge >= 0.3 is 18.0 Å². The Morgan fingerprint density at radius 3 is 2.81 bits per heavy atom. The molecule has 2 aromatic rings. The van der Waals surface area contributed by atoms with E-state index in [1.54, 1.807) is 18.4 Å². The van der Waals surface area contributed by atoms with Crippen LogP contribution < -0.4 is 5.32 Å². The minimum absolute atomic E-state index is 0.0882. The predicted molar refractivity (Wildman–Crippen MR) is 104 cm³/mol. The molecule has 3 heterocycles. The number of hydrogen-bond donors (Lipinski definition) is 1. The first-order valence-corrected chi connectivity index (χ1v) is 9.86. The molecule has 3 rings (SSSR count). The Labute approximate surface area is 177 Å². The average Bonchev–Trinajstić information content (AvgIpc) is 3.34. The maximum absolute atomic E-state index is 14.0. The number of nitrogens with one attached hydrogen (secondary N) is 1. The Bertz CT molecular complexity index is 978. The van der Waals surface area contributed by atoms with Gasteiger partial charge in [-0.25, -0.2) is 4.98 Å². The maximum Gasteiger partial charge on any atom is 0.312 e. The van der Waals surface area contributed by atoms with Gasteiger partial charge < -0.3 is 24.1 Å². The summed E-state index contributed by atoms with van der Waals surface area (Å²) in [6.45, 7) is 3.91. The number of hydrogen-bond acceptors (Lipinski definition) is 9. The number of aryl methyl sites for hydroxylation is 1. The van der Waals surface area contributed by atoms with E-state index in [2.05, 4.69) is 20.3 Å². The number of anilines is 1. The molecule has 31 heavy (non-hydrogen) atoms. The van der Waals surface area contributed by atoms with Gasteiger partial charge in [-0.15, -0.1) is 0 Å². The van der Waals surface area contributed by atoms with E-state index >= 15 is 0 Å². The number of cyclic esters (lactones) is 1. The molecule has 12 heteroatoms. The van der Waals surface area contributed by atoms with E-state index in [1.807, 2.05) is 0 Å². The van der Waals surface area contributed by atoms with Crippen LogP contribution in [0.15, 0.2) is 6.33 Å². The minimum atomic E-state index is -1.04. The minimum Gasteiger partial charge on any atom is -0.463 e. The topological polar surface area (TPSA) is 135 Å². The van der Waals surface area contributed by atoms with Crippen LogP contribution in [0.3, 0.4) is 0 Å². The van der Waals surface area contributed by atoms with Crippen molar-refractivity contribution in [3.63, 3.8) is 0 Å². The van der Waals surface area contributed by atoms with Crippen molar-refractivity contribution in [3.05, 3.63) is 12.4 Å². The Morgan fingerprint density at radius 1 is 1.39 bits per heavy atom. The average molecular weight is 437 g/mol. The molecule has 2 aromatic heterocycles. The summed E-state index contributed by atoms with van der Waals surface area (Å²) >= 11 is 0. The van der Waals surface area contributed by atoms with Crippen molar-refractivity contribution in [2.75, 3.05) is 19.0 Å². The van der Waals surface area contributed by atoms with E-state index in [9.17, 15) is 18.8 Å². The second-order valence-corrected chi connectivity index (χ2v) is 7.39. The Morgan fingerprint density at radius 2 is 2.16 bits per heavy atom. The van der Waals surface area contributed by atoms with Crippen LogP contribution in [-0.4, -0.2) is 63.3 Å². The van der Waals surface area contributed by atoms with Gasteiger partial charge in [-0.05, 0) is 6.42 Å². The van der Waals surface area contributed by atoms with Crippen molar-refractivity contribution in [1.29, 1.82) is 0 Å². The van der Waals surface area contributed by atoms with E-state index in [0.717, 1.165) is 0 Å². The van der Waals surface area contributed by atoms with Crippen molar-refractivity contribution in [3.8, 4) is 0 Å². The van der Waals surface area contributed by atoms with Crippen LogP contribution >= 0.6 is 0 Å². The first-order chi connectivity index (χ1) is 14.8. The molecule has 1 saturated heterocycles. The highest BCUT2D eigenvalue weighted by atomic mass is 19.1. The number of imidazole rings is 1. The Balaban J connectivity index is 1.69. The zero-order valence-electron chi connectivity index (χ0n) is 17.5. The number of nitrogens with zero attached hydrogens (tertiary/aromatic N) is 4. The fourth-order valence-corrected chi connectivity index (χ4v) is 2.97. The summed E-state index contributed by atoms with van der Waals surface area (Å²) in [6, 6.07) is 0. The quantitative estimate of drug-likeness (QED) is 0.454. The van der Waals surface area contributed by atoms with Crippen LogP contribution in [0.4, 0.5) is 10.2 Å². The Kier molecular flexibility index (Phi) is 7.10. The third-order valence-corrected chi connectivity index (χ3v) is 4.76. The number of aromatic nitrogens is 4. The molecule has 0 aromatic carbocycles.